The van der Waals surface area contributed by atoms with Crippen LogP contribution in [-0.2, 0) is 6.54 Å². The number of rotatable bonds is 5. The van der Waals surface area contributed by atoms with E-state index in [2.05, 4.69) is 10.2 Å². The number of nitrogens with zero attached hydrogens (tertiary/aromatic N) is 1. The molecule has 0 spiro atoms. The lowest BCUT2D eigenvalue weighted by Crippen LogP contribution is -2.29. The Kier molecular flexibility index (Phi) is 6.91. The van der Waals surface area contributed by atoms with Crippen LogP contribution in [0.1, 0.15) is 35.2 Å². The number of carbonyl (C=O) groups excluding carboxylic acids is 1. The molecular weight excluding hydrogens is 409 g/mol. The van der Waals surface area contributed by atoms with Crippen molar-refractivity contribution in [1.82, 2.24) is 4.90 Å². The highest BCUT2D eigenvalue weighted by molar-refractivity contribution is 8.00. The van der Waals surface area contributed by atoms with Crippen LogP contribution in [0.2, 0.25) is 5.02 Å². The van der Waals surface area contributed by atoms with E-state index >= 15 is 0 Å². The number of piperidine rings is 1. The van der Waals surface area contributed by atoms with Crippen LogP contribution < -0.4 is 5.32 Å². The van der Waals surface area contributed by atoms with Crippen LogP contribution in [-0.4, -0.2) is 29.4 Å². The van der Waals surface area contributed by atoms with E-state index in [9.17, 15) is 18.0 Å². The van der Waals surface area contributed by atoms with E-state index in [0.29, 0.717) is 11.3 Å². The summed E-state index contributed by atoms with van der Waals surface area (Å²) < 4.78 is 37.4. The smallest absolute Gasteiger partial charge is 0.322 e. The lowest BCUT2D eigenvalue weighted by molar-refractivity contribution is -0.0328. The van der Waals surface area contributed by atoms with Gasteiger partial charge in [-0.25, -0.2) is 0 Å². The van der Waals surface area contributed by atoms with E-state index < -0.39 is 5.51 Å². The van der Waals surface area contributed by atoms with Crippen molar-refractivity contribution in [2.45, 2.75) is 36.2 Å². The predicted molar refractivity (Wildman–Crippen MR) is 107 cm³/mol. The Morgan fingerprint density at radius 3 is 2.36 bits per heavy atom. The predicted octanol–water partition coefficient (Wildman–Crippen LogP) is 6.19. The van der Waals surface area contributed by atoms with Crippen molar-refractivity contribution >= 4 is 35.0 Å². The molecule has 1 aliphatic rings. The molecule has 0 aromatic heterocycles. The van der Waals surface area contributed by atoms with Crippen molar-refractivity contribution in [3.63, 3.8) is 0 Å². The topological polar surface area (TPSA) is 32.3 Å². The first-order chi connectivity index (χ1) is 13.3. The van der Waals surface area contributed by atoms with Crippen LogP contribution >= 0.6 is 23.4 Å². The van der Waals surface area contributed by atoms with E-state index in [1.807, 2.05) is 12.1 Å². The molecule has 1 aliphatic heterocycles. The van der Waals surface area contributed by atoms with Gasteiger partial charge in [0, 0.05) is 22.7 Å². The molecule has 0 unspecified atom stereocenters. The lowest BCUT2D eigenvalue weighted by Gasteiger charge is -2.26. The molecule has 0 radical (unpaired) electrons. The van der Waals surface area contributed by atoms with E-state index in [-0.39, 0.29) is 27.6 Å². The third kappa shape index (κ3) is 6.15. The highest BCUT2D eigenvalue weighted by Gasteiger charge is 2.30. The molecule has 1 heterocycles. The molecule has 1 saturated heterocycles. The second-order valence-corrected chi connectivity index (χ2v) is 8.19. The Labute approximate surface area is 171 Å². The zero-order valence-corrected chi connectivity index (χ0v) is 16.6. The fraction of sp³-hybridized carbons (Fsp3) is 0.350. The van der Waals surface area contributed by atoms with Crippen LogP contribution in [0.25, 0.3) is 0 Å². The first-order valence-electron chi connectivity index (χ1n) is 8.98. The Balaban J connectivity index is 1.60. The number of carbonyl (C=O) groups is 1. The number of anilines is 1. The van der Waals surface area contributed by atoms with Crippen LogP contribution in [0, 0.1) is 0 Å². The minimum atomic E-state index is -4.41. The SMILES string of the molecule is O=C(Nc1ccc(SC(F)(F)F)c(Cl)c1)c1ccc(CN2CCCCC2)cc1. The number of amides is 1. The van der Waals surface area contributed by atoms with Gasteiger partial charge in [-0.05, 0) is 73.6 Å². The van der Waals surface area contributed by atoms with Gasteiger partial charge >= 0.3 is 5.51 Å². The van der Waals surface area contributed by atoms with E-state index in [4.69, 9.17) is 11.6 Å². The summed E-state index contributed by atoms with van der Waals surface area (Å²) in [7, 11) is 0. The number of halogens is 4. The van der Waals surface area contributed by atoms with Gasteiger partial charge in [-0.1, -0.05) is 30.2 Å². The Morgan fingerprint density at radius 1 is 1.07 bits per heavy atom. The van der Waals surface area contributed by atoms with Crippen LogP contribution in [0.4, 0.5) is 18.9 Å². The number of hydrogen-bond acceptors (Lipinski definition) is 3. The average molecular weight is 429 g/mol. The zero-order chi connectivity index (χ0) is 20.1. The summed E-state index contributed by atoms with van der Waals surface area (Å²) in [6, 6.07) is 11.3. The van der Waals surface area contributed by atoms with E-state index in [1.54, 1.807) is 12.1 Å². The summed E-state index contributed by atoms with van der Waals surface area (Å²) in [5.74, 6) is -0.336. The highest BCUT2D eigenvalue weighted by Crippen LogP contribution is 2.41. The molecule has 0 saturated carbocycles. The van der Waals surface area contributed by atoms with Gasteiger partial charge in [0.1, 0.15) is 0 Å². The van der Waals surface area contributed by atoms with Gasteiger partial charge in [-0.15, -0.1) is 0 Å². The maximum atomic E-state index is 12.5. The van der Waals surface area contributed by atoms with Crippen LogP contribution in [0.15, 0.2) is 47.4 Å². The highest BCUT2D eigenvalue weighted by atomic mass is 35.5. The molecule has 0 aliphatic carbocycles. The van der Waals surface area contributed by atoms with Gasteiger partial charge in [0.15, 0.2) is 0 Å². The molecule has 1 N–H and O–H groups in total. The maximum Gasteiger partial charge on any atom is 0.446 e. The number of hydrogen-bond donors (Lipinski definition) is 1. The number of thioether (sulfide) groups is 1. The molecule has 1 fully saturated rings. The molecule has 150 valence electrons. The molecular formula is C20H20ClF3N2OS. The van der Waals surface area contributed by atoms with Crippen LogP contribution in [0.5, 0.6) is 0 Å². The fourth-order valence-electron chi connectivity index (χ4n) is 3.13. The van der Waals surface area contributed by atoms with Gasteiger partial charge in [0.2, 0.25) is 0 Å². The molecule has 8 heteroatoms. The number of nitrogens with one attached hydrogen (secondary N) is 1. The van der Waals surface area contributed by atoms with Crippen molar-refractivity contribution in [3.8, 4) is 0 Å². The summed E-state index contributed by atoms with van der Waals surface area (Å²) >= 11 is 5.62. The molecule has 28 heavy (non-hydrogen) atoms. The van der Waals surface area contributed by atoms with Crippen LogP contribution in [0.3, 0.4) is 0 Å². The molecule has 2 aromatic carbocycles. The summed E-state index contributed by atoms with van der Waals surface area (Å²) in [6.45, 7) is 3.08. The Bertz CT molecular complexity index is 821. The van der Waals surface area contributed by atoms with Crippen molar-refractivity contribution in [3.05, 3.63) is 58.6 Å². The largest absolute Gasteiger partial charge is 0.446 e. The number of likely N-dealkylation sites (tertiary alicyclic amines) is 1. The molecule has 0 bridgehead atoms. The third-order valence-electron chi connectivity index (χ3n) is 4.49. The van der Waals surface area contributed by atoms with Gasteiger partial charge in [-0.2, -0.15) is 13.2 Å². The monoisotopic (exact) mass is 428 g/mol. The fourth-order valence-corrected chi connectivity index (χ4v) is 3.96. The van der Waals surface area contributed by atoms with Gasteiger partial charge < -0.3 is 5.32 Å². The standard InChI is InChI=1S/C20H20ClF3N2OS/c21-17-12-16(8-9-18(17)28-20(22,23)24)25-19(27)15-6-4-14(5-7-15)13-26-10-2-1-3-11-26/h4-9,12H,1-3,10-11,13H2,(H,25,27). The minimum absolute atomic E-state index is 0.0583. The third-order valence-corrected chi connectivity index (χ3v) is 5.72. The first-order valence-corrected chi connectivity index (χ1v) is 10.2. The zero-order valence-electron chi connectivity index (χ0n) is 15.1. The molecule has 3 nitrogen and oxygen atoms in total. The van der Waals surface area contributed by atoms with Gasteiger partial charge in [0.05, 0.1) is 5.02 Å². The van der Waals surface area contributed by atoms with Gasteiger partial charge in [-0.3, -0.25) is 9.69 Å². The quantitative estimate of drug-likeness (QED) is 0.576. The number of benzene rings is 2. The normalized spacial score (nSPS) is 15.4. The first kappa shape index (κ1) is 21.0. The van der Waals surface area contributed by atoms with Gasteiger partial charge in [0.25, 0.3) is 5.91 Å². The minimum Gasteiger partial charge on any atom is -0.322 e. The van der Waals surface area contributed by atoms with E-state index in [0.717, 1.165) is 25.2 Å². The van der Waals surface area contributed by atoms with E-state index in [1.165, 1.54) is 37.5 Å². The molecule has 3 rings (SSSR count). The Morgan fingerprint density at radius 2 is 1.75 bits per heavy atom. The van der Waals surface area contributed by atoms with Crippen molar-refractivity contribution < 1.29 is 18.0 Å². The second-order valence-electron chi connectivity index (χ2n) is 6.68. The van der Waals surface area contributed by atoms with Crippen molar-refractivity contribution in [2.24, 2.45) is 0 Å². The summed E-state index contributed by atoms with van der Waals surface area (Å²) in [4.78, 5) is 14.7. The Hall–Kier alpha value is -1.70. The maximum absolute atomic E-state index is 12.5. The number of alkyl halides is 3. The second kappa shape index (κ2) is 9.20. The van der Waals surface area contributed by atoms with Crippen molar-refractivity contribution in [1.29, 1.82) is 0 Å². The van der Waals surface area contributed by atoms with Crippen molar-refractivity contribution in [2.75, 3.05) is 18.4 Å². The lowest BCUT2D eigenvalue weighted by atomic mass is 10.1. The molecule has 1 amide bonds. The average Bonchev–Trinajstić information content (AvgIpc) is 2.64. The summed E-state index contributed by atoms with van der Waals surface area (Å²) in [5, 5.41) is 2.61. The summed E-state index contributed by atoms with van der Waals surface area (Å²) in [5.41, 5.74) is -2.44. The summed E-state index contributed by atoms with van der Waals surface area (Å²) in [6.07, 6.45) is 3.74. The molecule has 2 aromatic rings. The molecule has 0 atom stereocenters.